The number of nitrogens with one attached hydrogen (secondary N) is 1. The SMILES string of the molecule is COc1cc2c(OCC[C@@H]3CCC(=O)N3)cccc2cc1C(N)=O. The molecule has 0 bridgehead atoms. The number of fused-ring (bicyclic) bond motifs is 1. The summed E-state index contributed by atoms with van der Waals surface area (Å²) in [6.45, 7) is 0.504. The first-order valence-electron chi connectivity index (χ1n) is 7.91. The summed E-state index contributed by atoms with van der Waals surface area (Å²) in [7, 11) is 1.50. The molecule has 2 amide bonds. The molecule has 1 aliphatic heterocycles. The van der Waals surface area contributed by atoms with Gasteiger partial charge in [-0.2, -0.15) is 0 Å². The van der Waals surface area contributed by atoms with Crippen molar-refractivity contribution >= 4 is 22.6 Å². The van der Waals surface area contributed by atoms with E-state index >= 15 is 0 Å². The van der Waals surface area contributed by atoms with Gasteiger partial charge in [0, 0.05) is 24.3 Å². The maximum atomic E-state index is 11.5. The zero-order valence-electron chi connectivity index (χ0n) is 13.5. The van der Waals surface area contributed by atoms with E-state index in [4.69, 9.17) is 15.2 Å². The second kappa shape index (κ2) is 6.78. The smallest absolute Gasteiger partial charge is 0.252 e. The lowest BCUT2D eigenvalue weighted by Gasteiger charge is -2.14. The number of hydrogen-bond donors (Lipinski definition) is 2. The lowest BCUT2D eigenvalue weighted by atomic mass is 10.0. The molecular weight excluding hydrogens is 308 g/mol. The molecule has 2 aromatic carbocycles. The predicted octanol–water partition coefficient (Wildman–Crippen LogP) is 1.99. The average Bonchev–Trinajstić information content (AvgIpc) is 2.99. The minimum atomic E-state index is -0.531. The number of amides is 2. The molecule has 0 aliphatic carbocycles. The van der Waals surface area contributed by atoms with Gasteiger partial charge >= 0.3 is 0 Å². The number of carbonyl (C=O) groups is 2. The van der Waals surface area contributed by atoms with E-state index in [2.05, 4.69) is 5.32 Å². The fraction of sp³-hybridized carbons (Fsp3) is 0.333. The number of hydrogen-bond acceptors (Lipinski definition) is 4. The number of carbonyl (C=O) groups excluding carboxylic acids is 2. The molecule has 1 saturated heterocycles. The molecule has 1 heterocycles. The highest BCUT2D eigenvalue weighted by atomic mass is 16.5. The van der Waals surface area contributed by atoms with Crippen LogP contribution in [0.2, 0.25) is 0 Å². The van der Waals surface area contributed by atoms with Gasteiger partial charge in [-0.3, -0.25) is 9.59 Å². The van der Waals surface area contributed by atoms with Gasteiger partial charge in [-0.1, -0.05) is 12.1 Å². The molecule has 3 N–H and O–H groups in total. The molecule has 126 valence electrons. The Bertz CT molecular complexity index is 788. The van der Waals surface area contributed by atoms with Crippen molar-refractivity contribution in [1.29, 1.82) is 0 Å². The monoisotopic (exact) mass is 328 g/mol. The van der Waals surface area contributed by atoms with Crippen molar-refractivity contribution in [2.24, 2.45) is 5.73 Å². The highest BCUT2D eigenvalue weighted by molar-refractivity contribution is 6.02. The van der Waals surface area contributed by atoms with Crippen LogP contribution in [0, 0.1) is 0 Å². The van der Waals surface area contributed by atoms with E-state index in [-0.39, 0.29) is 11.9 Å². The Hall–Kier alpha value is -2.76. The van der Waals surface area contributed by atoms with Crippen molar-refractivity contribution in [2.75, 3.05) is 13.7 Å². The van der Waals surface area contributed by atoms with Crippen LogP contribution < -0.4 is 20.5 Å². The minimum Gasteiger partial charge on any atom is -0.496 e. The molecular formula is C18H20N2O4. The van der Waals surface area contributed by atoms with Crippen LogP contribution >= 0.6 is 0 Å². The Labute approximate surface area is 139 Å². The second-order valence-corrected chi connectivity index (χ2v) is 5.83. The first-order valence-corrected chi connectivity index (χ1v) is 7.91. The van der Waals surface area contributed by atoms with Crippen molar-refractivity contribution in [3.05, 3.63) is 35.9 Å². The number of ether oxygens (including phenoxy) is 2. The van der Waals surface area contributed by atoms with Crippen LogP contribution in [-0.4, -0.2) is 31.6 Å². The zero-order valence-corrected chi connectivity index (χ0v) is 13.5. The van der Waals surface area contributed by atoms with Crippen molar-refractivity contribution in [3.63, 3.8) is 0 Å². The Morgan fingerprint density at radius 3 is 2.83 bits per heavy atom. The van der Waals surface area contributed by atoms with Crippen molar-refractivity contribution in [1.82, 2.24) is 5.32 Å². The van der Waals surface area contributed by atoms with Gasteiger partial charge in [-0.05, 0) is 30.0 Å². The van der Waals surface area contributed by atoms with Crippen LogP contribution in [0.1, 0.15) is 29.6 Å². The first-order chi connectivity index (χ1) is 11.6. The van der Waals surface area contributed by atoms with E-state index in [0.29, 0.717) is 30.1 Å². The quantitative estimate of drug-likeness (QED) is 0.848. The van der Waals surface area contributed by atoms with Gasteiger partial charge in [0.05, 0.1) is 19.3 Å². The maximum Gasteiger partial charge on any atom is 0.252 e. The first kappa shape index (κ1) is 16.1. The molecule has 0 aromatic heterocycles. The van der Waals surface area contributed by atoms with Crippen LogP contribution in [0.3, 0.4) is 0 Å². The molecule has 3 rings (SSSR count). The number of rotatable bonds is 6. The van der Waals surface area contributed by atoms with Crippen molar-refractivity contribution in [2.45, 2.75) is 25.3 Å². The standard InChI is InChI=1S/C18H20N2O4/c1-23-16-10-13-11(9-14(16)18(19)22)3-2-4-15(13)24-8-7-12-5-6-17(21)20-12/h2-4,9-10,12H,5-8H2,1H3,(H2,19,22)(H,20,21)/t12-/m0/s1. The van der Waals surface area contributed by atoms with Crippen LogP contribution in [0.5, 0.6) is 11.5 Å². The van der Waals surface area contributed by atoms with Gasteiger partial charge in [0.25, 0.3) is 5.91 Å². The zero-order chi connectivity index (χ0) is 17.1. The van der Waals surface area contributed by atoms with E-state index < -0.39 is 5.91 Å². The molecule has 1 aliphatic rings. The molecule has 1 fully saturated rings. The Kier molecular flexibility index (Phi) is 4.55. The summed E-state index contributed by atoms with van der Waals surface area (Å²) in [6, 6.07) is 9.29. The third kappa shape index (κ3) is 3.27. The van der Waals surface area contributed by atoms with Gasteiger partial charge in [0.1, 0.15) is 11.5 Å². The normalized spacial score (nSPS) is 16.9. The molecule has 0 saturated carbocycles. The highest BCUT2D eigenvalue weighted by Crippen LogP contribution is 2.32. The summed E-state index contributed by atoms with van der Waals surface area (Å²) in [5.41, 5.74) is 5.74. The fourth-order valence-electron chi connectivity index (χ4n) is 2.97. The molecule has 24 heavy (non-hydrogen) atoms. The number of methoxy groups -OCH3 is 1. The minimum absolute atomic E-state index is 0.105. The average molecular weight is 328 g/mol. The number of primary amides is 1. The fourth-order valence-corrected chi connectivity index (χ4v) is 2.97. The Balaban J connectivity index is 1.80. The van der Waals surface area contributed by atoms with Crippen LogP contribution in [-0.2, 0) is 4.79 Å². The summed E-state index contributed by atoms with van der Waals surface area (Å²) in [5.74, 6) is 0.714. The van der Waals surface area contributed by atoms with Crippen LogP contribution in [0.15, 0.2) is 30.3 Å². The predicted molar refractivity (Wildman–Crippen MR) is 90.3 cm³/mol. The topological polar surface area (TPSA) is 90.7 Å². The van der Waals surface area contributed by atoms with E-state index in [1.54, 1.807) is 12.1 Å². The third-order valence-electron chi connectivity index (χ3n) is 4.23. The lowest BCUT2D eigenvalue weighted by Crippen LogP contribution is -2.26. The van der Waals surface area contributed by atoms with E-state index in [0.717, 1.165) is 23.6 Å². The van der Waals surface area contributed by atoms with Gasteiger partial charge < -0.3 is 20.5 Å². The maximum absolute atomic E-state index is 11.5. The molecule has 6 heteroatoms. The number of benzene rings is 2. The highest BCUT2D eigenvalue weighted by Gasteiger charge is 2.20. The molecule has 0 spiro atoms. The Morgan fingerprint density at radius 1 is 1.33 bits per heavy atom. The van der Waals surface area contributed by atoms with Gasteiger partial charge in [0.2, 0.25) is 5.91 Å². The molecule has 0 radical (unpaired) electrons. The second-order valence-electron chi connectivity index (χ2n) is 5.83. The van der Waals surface area contributed by atoms with Gasteiger partial charge in [0.15, 0.2) is 0 Å². The van der Waals surface area contributed by atoms with Crippen LogP contribution in [0.25, 0.3) is 10.8 Å². The number of nitrogens with two attached hydrogens (primary N) is 1. The lowest BCUT2D eigenvalue weighted by molar-refractivity contribution is -0.119. The Morgan fingerprint density at radius 2 is 2.17 bits per heavy atom. The molecule has 2 aromatic rings. The van der Waals surface area contributed by atoms with Crippen molar-refractivity contribution < 1.29 is 19.1 Å². The molecule has 6 nitrogen and oxygen atoms in total. The summed E-state index contributed by atoms with van der Waals surface area (Å²) < 4.78 is 11.2. The summed E-state index contributed by atoms with van der Waals surface area (Å²) >= 11 is 0. The van der Waals surface area contributed by atoms with E-state index in [1.165, 1.54) is 7.11 Å². The summed E-state index contributed by atoms with van der Waals surface area (Å²) in [5, 5.41) is 4.64. The van der Waals surface area contributed by atoms with E-state index in [1.807, 2.05) is 18.2 Å². The third-order valence-corrected chi connectivity index (χ3v) is 4.23. The van der Waals surface area contributed by atoms with Crippen LogP contribution in [0.4, 0.5) is 0 Å². The summed E-state index contributed by atoms with van der Waals surface area (Å²) in [6.07, 6.45) is 2.21. The van der Waals surface area contributed by atoms with Crippen molar-refractivity contribution in [3.8, 4) is 11.5 Å². The largest absolute Gasteiger partial charge is 0.496 e. The molecule has 1 atom stereocenters. The molecule has 0 unspecified atom stereocenters. The van der Waals surface area contributed by atoms with E-state index in [9.17, 15) is 9.59 Å². The van der Waals surface area contributed by atoms with Gasteiger partial charge in [-0.25, -0.2) is 0 Å². The van der Waals surface area contributed by atoms with Gasteiger partial charge in [-0.15, -0.1) is 0 Å². The summed E-state index contributed by atoms with van der Waals surface area (Å²) in [4.78, 5) is 22.7.